The third kappa shape index (κ3) is 4.90. The number of carboxylic acid groups (broad SMARTS) is 1. The quantitative estimate of drug-likeness (QED) is 0.522. The molecule has 0 fully saturated rings. The van der Waals surface area contributed by atoms with Crippen molar-refractivity contribution in [3.8, 4) is 0 Å². The molecule has 0 aliphatic heterocycles. The number of aryl methyl sites for hydroxylation is 2. The molecule has 1 aliphatic rings. The van der Waals surface area contributed by atoms with Crippen molar-refractivity contribution >= 4 is 29.0 Å². The van der Waals surface area contributed by atoms with Crippen LogP contribution in [0.2, 0.25) is 0 Å². The highest BCUT2D eigenvalue weighted by molar-refractivity contribution is 6.12. The molecule has 0 heterocycles. The van der Waals surface area contributed by atoms with Crippen molar-refractivity contribution in [2.75, 3.05) is 11.9 Å². The highest BCUT2D eigenvalue weighted by Crippen LogP contribution is 2.29. The number of nitrogens with one attached hydrogen (secondary N) is 2. The number of carboxylic acids is 1. The van der Waals surface area contributed by atoms with Crippen LogP contribution in [0.15, 0.2) is 54.6 Å². The van der Waals surface area contributed by atoms with E-state index in [0.717, 1.165) is 23.3 Å². The molecule has 3 N–H and O–H groups in total. The molecule has 0 spiro atoms. The minimum atomic E-state index is -1.01. The van der Waals surface area contributed by atoms with E-state index in [0.29, 0.717) is 29.7 Å². The van der Waals surface area contributed by atoms with Crippen molar-refractivity contribution in [1.82, 2.24) is 5.32 Å². The summed E-state index contributed by atoms with van der Waals surface area (Å²) in [5.74, 6) is -3.07. The number of amides is 1. The van der Waals surface area contributed by atoms with Gasteiger partial charge in [0.15, 0.2) is 5.78 Å². The average molecular weight is 450 g/mol. The molecule has 0 saturated heterocycles. The second kappa shape index (κ2) is 9.20. The van der Waals surface area contributed by atoms with Gasteiger partial charge >= 0.3 is 5.97 Å². The molecule has 8 heteroatoms. The van der Waals surface area contributed by atoms with Crippen LogP contribution in [0.5, 0.6) is 0 Å². The maximum absolute atomic E-state index is 14.0. The van der Waals surface area contributed by atoms with Crippen LogP contribution in [0.25, 0.3) is 0 Å². The fourth-order valence-corrected chi connectivity index (χ4v) is 3.79. The minimum absolute atomic E-state index is 0.00748. The fraction of sp³-hybridized carbons (Fsp3) is 0.160. The van der Waals surface area contributed by atoms with Gasteiger partial charge in [0.25, 0.3) is 5.91 Å². The predicted molar refractivity (Wildman–Crippen MR) is 118 cm³/mol. The van der Waals surface area contributed by atoms with Gasteiger partial charge in [0, 0.05) is 35.0 Å². The Hall–Kier alpha value is -4.07. The number of anilines is 2. The van der Waals surface area contributed by atoms with E-state index in [9.17, 15) is 23.2 Å². The number of hydrogen-bond acceptors (Lipinski definition) is 4. The maximum atomic E-state index is 14.0. The first-order chi connectivity index (χ1) is 15.8. The highest BCUT2D eigenvalue weighted by atomic mass is 19.1. The van der Waals surface area contributed by atoms with Gasteiger partial charge in [0.05, 0.1) is 12.1 Å². The summed E-state index contributed by atoms with van der Waals surface area (Å²) in [6.45, 7) is -0.00748. The highest BCUT2D eigenvalue weighted by Gasteiger charge is 2.23. The van der Waals surface area contributed by atoms with E-state index >= 15 is 0 Å². The first-order valence-electron chi connectivity index (χ1n) is 10.3. The Morgan fingerprint density at radius 3 is 2.45 bits per heavy atom. The summed E-state index contributed by atoms with van der Waals surface area (Å²) in [6.07, 6.45) is 0.949. The van der Waals surface area contributed by atoms with E-state index in [1.54, 1.807) is 30.3 Å². The molecule has 3 aromatic rings. The van der Waals surface area contributed by atoms with Crippen molar-refractivity contribution in [3.05, 3.63) is 94.0 Å². The number of carbonyl (C=O) groups is 3. The monoisotopic (exact) mass is 450 g/mol. The molecule has 0 saturated carbocycles. The summed E-state index contributed by atoms with van der Waals surface area (Å²) in [5.41, 5.74) is 3.46. The normalized spacial score (nSPS) is 12.4. The number of aliphatic carboxylic acids is 1. The second-order valence-corrected chi connectivity index (χ2v) is 7.72. The topological polar surface area (TPSA) is 95.5 Å². The summed E-state index contributed by atoms with van der Waals surface area (Å²) in [7, 11) is 0. The fourth-order valence-electron chi connectivity index (χ4n) is 3.79. The Bertz CT molecular complexity index is 1270. The van der Waals surface area contributed by atoms with Crippen LogP contribution in [0.3, 0.4) is 0 Å². The van der Waals surface area contributed by atoms with Crippen molar-refractivity contribution in [1.29, 1.82) is 0 Å². The minimum Gasteiger partial charge on any atom is -0.481 e. The van der Waals surface area contributed by atoms with E-state index in [-0.39, 0.29) is 30.0 Å². The van der Waals surface area contributed by atoms with Crippen LogP contribution in [0, 0.1) is 11.6 Å². The molecule has 1 amide bonds. The summed E-state index contributed by atoms with van der Waals surface area (Å²) in [5, 5.41) is 14.1. The summed E-state index contributed by atoms with van der Waals surface area (Å²) >= 11 is 0. The second-order valence-electron chi connectivity index (χ2n) is 7.72. The van der Waals surface area contributed by atoms with Crippen LogP contribution < -0.4 is 10.6 Å². The van der Waals surface area contributed by atoms with Gasteiger partial charge in [0.2, 0.25) is 0 Å². The number of halogens is 2. The lowest BCUT2D eigenvalue weighted by Gasteiger charge is -2.11. The van der Waals surface area contributed by atoms with Gasteiger partial charge in [-0.25, -0.2) is 8.78 Å². The molecular weight excluding hydrogens is 430 g/mol. The zero-order valence-electron chi connectivity index (χ0n) is 17.5. The molecule has 168 valence electrons. The molecule has 33 heavy (non-hydrogen) atoms. The number of fused-ring (bicyclic) bond motifs is 2. The van der Waals surface area contributed by atoms with E-state index in [1.165, 1.54) is 12.1 Å². The molecule has 0 unspecified atom stereocenters. The first kappa shape index (κ1) is 22.1. The van der Waals surface area contributed by atoms with Crippen LogP contribution in [-0.2, 0) is 17.6 Å². The summed E-state index contributed by atoms with van der Waals surface area (Å²) in [4.78, 5) is 36.2. The standard InChI is InChI=1S/C25H20F2N2O4/c26-17-5-8-22(21(27)13-17)29-18-6-7-19-15(11-18)3-1-14-2-4-16(12-20(14)24(19)32)25(33)28-10-9-23(30)31/h2,4-8,11-13,29H,1,3,9-10H2,(H,28,33)(H,30,31). The SMILES string of the molecule is O=C(O)CCNC(=O)c1ccc2c(c1)C(=O)c1ccc(Nc3ccc(F)cc3F)cc1CC2. The van der Waals surface area contributed by atoms with E-state index in [4.69, 9.17) is 5.11 Å². The summed E-state index contributed by atoms with van der Waals surface area (Å²) in [6, 6.07) is 13.2. The Morgan fingerprint density at radius 2 is 1.70 bits per heavy atom. The number of benzene rings is 3. The van der Waals surface area contributed by atoms with Gasteiger partial charge in [-0.3, -0.25) is 14.4 Å². The molecule has 0 radical (unpaired) electrons. The Morgan fingerprint density at radius 1 is 0.909 bits per heavy atom. The lowest BCUT2D eigenvalue weighted by molar-refractivity contribution is -0.136. The molecule has 0 aromatic heterocycles. The molecular formula is C25H20F2N2O4. The van der Waals surface area contributed by atoms with Crippen molar-refractivity contribution in [3.63, 3.8) is 0 Å². The smallest absolute Gasteiger partial charge is 0.305 e. The average Bonchev–Trinajstić information content (AvgIpc) is 2.91. The van der Waals surface area contributed by atoms with Crippen molar-refractivity contribution in [2.45, 2.75) is 19.3 Å². The van der Waals surface area contributed by atoms with Gasteiger partial charge in [0.1, 0.15) is 11.6 Å². The Kier molecular flexibility index (Phi) is 6.17. The van der Waals surface area contributed by atoms with Gasteiger partial charge < -0.3 is 15.7 Å². The van der Waals surface area contributed by atoms with Crippen molar-refractivity contribution < 1.29 is 28.3 Å². The molecule has 0 atom stereocenters. The maximum Gasteiger partial charge on any atom is 0.305 e. The lowest BCUT2D eigenvalue weighted by Crippen LogP contribution is -2.26. The third-order valence-electron chi connectivity index (χ3n) is 5.46. The van der Waals surface area contributed by atoms with E-state index < -0.39 is 23.5 Å². The molecule has 1 aliphatic carbocycles. The van der Waals surface area contributed by atoms with Crippen LogP contribution in [-0.4, -0.2) is 29.3 Å². The van der Waals surface area contributed by atoms with Gasteiger partial charge in [-0.2, -0.15) is 0 Å². The first-order valence-corrected chi connectivity index (χ1v) is 10.3. The summed E-state index contributed by atoms with van der Waals surface area (Å²) < 4.78 is 27.1. The predicted octanol–water partition coefficient (Wildman–Crippen LogP) is 4.24. The third-order valence-corrected chi connectivity index (χ3v) is 5.46. The zero-order chi connectivity index (χ0) is 23.5. The largest absolute Gasteiger partial charge is 0.481 e. The molecule has 3 aromatic carbocycles. The number of hydrogen-bond donors (Lipinski definition) is 3. The van der Waals surface area contributed by atoms with E-state index in [2.05, 4.69) is 10.6 Å². The number of ketones is 1. The zero-order valence-corrected chi connectivity index (χ0v) is 17.5. The molecule has 6 nitrogen and oxygen atoms in total. The van der Waals surface area contributed by atoms with Gasteiger partial charge in [-0.05, 0) is 66.4 Å². The van der Waals surface area contributed by atoms with Crippen LogP contribution >= 0.6 is 0 Å². The van der Waals surface area contributed by atoms with Gasteiger partial charge in [-0.1, -0.05) is 6.07 Å². The van der Waals surface area contributed by atoms with Crippen LogP contribution in [0.1, 0.15) is 43.8 Å². The molecule has 0 bridgehead atoms. The number of rotatable bonds is 6. The lowest BCUT2D eigenvalue weighted by atomic mass is 9.96. The number of carbonyl (C=O) groups excluding carboxylic acids is 2. The van der Waals surface area contributed by atoms with Gasteiger partial charge in [-0.15, -0.1) is 0 Å². The van der Waals surface area contributed by atoms with Crippen LogP contribution in [0.4, 0.5) is 20.2 Å². The molecule has 4 rings (SSSR count). The van der Waals surface area contributed by atoms with E-state index in [1.807, 2.05) is 0 Å². The Balaban J connectivity index is 1.57. The van der Waals surface area contributed by atoms with Crippen molar-refractivity contribution in [2.24, 2.45) is 0 Å². The Labute approximate surface area is 188 Å².